The predicted octanol–water partition coefficient (Wildman–Crippen LogP) is 4.10. The number of carbonyl (C=O) groups is 1. The highest BCUT2D eigenvalue weighted by Gasteiger charge is 2.23. The van der Waals surface area contributed by atoms with Gasteiger partial charge in [-0.1, -0.05) is 28.1 Å². The molecule has 140 valence electrons. The molecule has 2 aromatic carbocycles. The number of furan rings is 1. The molecule has 5 nitrogen and oxygen atoms in total. The topological polar surface area (TPSA) is 45.9 Å². The third kappa shape index (κ3) is 3.67. The Morgan fingerprint density at radius 2 is 1.93 bits per heavy atom. The van der Waals surface area contributed by atoms with Gasteiger partial charge in [-0.2, -0.15) is 0 Å². The Labute approximate surface area is 166 Å². The summed E-state index contributed by atoms with van der Waals surface area (Å²) in [5.41, 5.74) is 2.82. The summed E-state index contributed by atoms with van der Waals surface area (Å²) in [6.07, 6.45) is 2.05. The second-order valence-electron chi connectivity index (χ2n) is 6.62. The summed E-state index contributed by atoms with van der Waals surface area (Å²) >= 11 is 3.48. The third-order valence-electron chi connectivity index (χ3n) is 5.02. The first-order valence-corrected chi connectivity index (χ1v) is 9.76. The molecule has 3 aromatic rings. The summed E-state index contributed by atoms with van der Waals surface area (Å²) < 4.78 is 12.0. The quantitative estimate of drug-likeness (QED) is 0.627. The van der Waals surface area contributed by atoms with Crippen molar-refractivity contribution in [3.8, 4) is 5.75 Å². The second kappa shape index (κ2) is 7.64. The number of benzene rings is 2. The number of hydrogen-bond acceptors (Lipinski definition) is 4. The Kier molecular flexibility index (Phi) is 5.07. The molecule has 1 aliphatic rings. The lowest BCUT2D eigenvalue weighted by molar-refractivity contribution is -0.130. The molecule has 0 N–H and O–H groups in total. The molecular formula is C21H21BrN2O3. The van der Waals surface area contributed by atoms with E-state index in [1.54, 1.807) is 13.4 Å². The van der Waals surface area contributed by atoms with Crippen molar-refractivity contribution in [2.24, 2.45) is 0 Å². The van der Waals surface area contributed by atoms with Crippen LogP contribution in [0.15, 0.2) is 57.6 Å². The van der Waals surface area contributed by atoms with Gasteiger partial charge in [-0.05, 0) is 30.3 Å². The lowest BCUT2D eigenvalue weighted by atomic mass is 10.1. The van der Waals surface area contributed by atoms with Crippen molar-refractivity contribution in [2.75, 3.05) is 38.2 Å². The fourth-order valence-corrected chi connectivity index (χ4v) is 3.91. The van der Waals surface area contributed by atoms with Gasteiger partial charge in [-0.3, -0.25) is 4.79 Å². The van der Waals surface area contributed by atoms with Crippen molar-refractivity contribution in [3.63, 3.8) is 0 Å². The van der Waals surface area contributed by atoms with E-state index in [0.29, 0.717) is 19.5 Å². The van der Waals surface area contributed by atoms with Crippen LogP contribution < -0.4 is 9.64 Å². The summed E-state index contributed by atoms with van der Waals surface area (Å²) in [6, 6.07) is 13.9. The normalized spacial score (nSPS) is 14.6. The number of carbonyl (C=O) groups excluding carboxylic acids is 1. The number of halogens is 1. The van der Waals surface area contributed by atoms with E-state index in [4.69, 9.17) is 9.15 Å². The van der Waals surface area contributed by atoms with Crippen molar-refractivity contribution in [3.05, 3.63) is 58.8 Å². The Bertz CT molecular complexity index is 961. The van der Waals surface area contributed by atoms with Gasteiger partial charge in [0.25, 0.3) is 0 Å². The number of rotatable bonds is 4. The monoisotopic (exact) mass is 428 g/mol. The minimum Gasteiger partial charge on any atom is -0.495 e. The van der Waals surface area contributed by atoms with E-state index in [9.17, 15) is 4.79 Å². The lowest BCUT2D eigenvalue weighted by Crippen LogP contribution is -2.49. The largest absolute Gasteiger partial charge is 0.495 e. The molecule has 1 saturated heterocycles. The van der Waals surface area contributed by atoms with Crippen LogP contribution in [0.3, 0.4) is 0 Å². The van der Waals surface area contributed by atoms with Gasteiger partial charge in [-0.15, -0.1) is 0 Å². The highest BCUT2D eigenvalue weighted by molar-refractivity contribution is 9.10. The lowest BCUT2D eigenvalue weighted by Gasteiger charge is -2.36. The standard InChI is InChI=1S/C21H21BrN2O3/c1-26-20-5-3-2-4-18(20)23-8-10-24(11-9-23)21(25)12-15-14-27-19-7-6-16(22)13-17(15)19/h2-7,13-14H,8-12H2,1H3. The number of fused-ring (bicyclic) bond motifs is 1. The Hall–Kier alpha value is -2.47. The van der Waals surface area contributed by atoms with E-state index < -0.39 is 0 Å². The molecule has 2 heterocycles. The summed E-state index contributed by atoms with van der Waals surface area (Å²) in [5, 5.41) is 0.991. The SMILES string of the molecule is COc1ccccc1N1CCN(C(=O)Cc2coc3ccc(Br)cc23)CC1. The van der Waals surface area contributed by atoms with Crippen molar-refractivity contribution in [1.29, 1.82) is 0 Å². The summed E-state index contributed by atoms with van der Waals surface area (Å²) in [4.78, 5) is 17.0. The Morgan fingerprint density at radius 1 is 1.15 bits per heavy atom. The number of hydrogen-bond donors (Lipinski definition) is 0. The number of amides is 1. The zero-order chi connectivity index (χ0) is 18.8. The molecule has 0 spiro atoms. The molecule has 0 bridgehead atoms. The van der Waals surface area contributed by atoms with E-state index in [0.717, 1.165) is 45.5 Å². The van der Waals surface area contributed by atoms with E-state index in [2.05, 4.69) is 26.9 Å². The zero-order valence-electron chi connectivity index (χ0n) is 15.2. The molecule has 1 aliphatic heterocycles. The molecule has 1 fully saturated rings. The fourth-order valence-electron chi connectivity index (χ4n) is 3.55. The summed E-state index contributed by atoms with van der Waals surface area (Å²) in [5.74, 6) is 1.00. The number of ether oxygens (including phenoxy) is 1. The molecule has 0 atom stereocenters. The van der Waals surface area contributed by atoms with Crippen LogP contribution in [0.2, 0.25) is 0 Å². The fraction of sp³-hybridized carbons (Fsp3) is 0.286. The smallest absolute Gasteiger partial charge is 0.227 e. The van der Waals surface area contributed by atoms with Crippen LogP contribution >= 0.6 is 15.9 Å². The maximum absolute atomic E-state index is 12.8. The third-order valence-corrected chi connectivity index (χ3v) is 5.51. The van der Waals surface area contributed by atoms with Gasteiger partial charge in [0, 0.05) is 41.6 Å². The molecule has 0 radical (unpaired) electrons. The van der Waals surface area contributed by atoms with E-state index in [-0.39, 0.29) is 5.91 Å². The molecule has 4 rings (SSSR count). The number of piperazine rings is 1. The van der Waals surface area contributed by atoms with Crippen molar-refractivity contribution < 1.29 is 13.9 Å². The highest BCUT2D eigenvalue weighted by Crippen LogP contribution is 2.29. The first kappa shape index (κ1) is 17.9. The van der Waals surface area contributed by atoms with Gasteiger partial charge in [-0.25, -0.2) is 0 Å². The second-order valence-corrected chi connectivity index (χ2v) is 7.53. The Morgan fingerprint density at radius 3 is 2.70 bits per heavy atom. The van der Waals surface area contributed by atoms with Gasteiger partial charge < -0.3 is 19.0 Å². The molecule has 0 aliphatic carbocycles. The number of anilines is 1. The molecule has 6 heteroatoms. The zero-order valence-corrected chi connectivity index (χ0v) is 16.7. The van der Waals surface area contributed by atoms with E-state index in [1.807, 2.05) is 41.3 Å². The predicted molar refractivity (Wildman–Crippen MR) is 109 cm³/mol. The molecule has 0 unspecified atom stereocenters. The molecular weight excluding hydrogens is 408 g/mol. The van der Waals surface area contributed by atoms with Crippen LogP contribution in [0.5, 0.6) is 5.75 Å². The highest BCUT2D eigenvalue weighted by atomic mass is 79.9. The average Bonchev–Trinajstić information content (AvgIpc) is 3.10. The number of methoxy groups -OCH3 is 1. The minimum absolute atomic E-state index is 0.136. The van der Waals surface area contributed by atoms with Crippen LogP contribution in [0.1, 0.15) is 5.56 Å². The maximum Gasteiger partial charge on any atom is 0.227 e. The van der Waals surface area contributed by atoms with Crippen LogP contribution in [0, 0.1) is 0 Å². The molecule has 27 heavy (non-hydrogen) atoms. The van der Waals surface area contributed by atoms with E-state index in [1.165, 1.54) is 0 Å². The van der Waals surface area contributed by atoms with Gasteiger partial charge in [0.05, 0.1) is 25.5 Å². The minimum atomic E-state index is 0.136. The van der Waals surface area contributed by atoms with Gasteiger partial charge in [0.1, 0.15) is 11.3 Å². The number of para-hydroxylation sites is 2. The molecule has 1 amide bonds. The summed E-state index contributed by atoms with van der Waals surface area (Å²) in [7, 11) is 1.69. The average molecular weight is 429 g/mol. The maximum atomic E-state index is 12.8. The van der Waals surface area contributed by atoms with Gasteiger partial charge in [0.15, 0.2) is 0 Å². The van der Waals surface area contributed by atoms with E-state index >= 15 is 0 Å². The van der Waals surface area contributed by atoms with Crippen LogP contribution in [0.25, 0.3) is 11.0 Å². The summed E-state index contributed by atoms with van der Waals surface area (Å²) in [6.45, 7) is 3.00. The van der Waals surface area contributed by atoms with Crippen LogP contribution in [0.4, 0.5) is 5.69 Å². The van der Waals surface area contributed by atoms with Crippen LogP contribution in [-0.2, 0) is 11.2 Å². The van der Waals surface area contributed by atoms with Crippen molar-refractivity contribution in [1.82, 2.24) is 4.90 Å². The Balaban J connectivity index is 1.42. The van der Waals surface area contributed by atoms with Gasteiger partial charge in [0.2, 0.25) is 5.91 Å². The number of nitrogens with zero attached hydrogens (tertiary/aromatic N) is 2. The first-order valence-electron chi connectivity index (χ1n) is 8.97. The van der Waals surface area contributed by atoms with Gasteiger partial charge >= 0.3 is 0 Å². The van der Waals surface area contributed by atoms with Crippen LogP contribution in [-0.4, -0.2) is 44.1 Å². The first-order chi connectivity index (χ1) is 13.2. The van der Waals surface area contributed by atoms with Crippen molar-refractivity contribution >= 4 is 38.5 Å². The van der Waals surface area contributed by atoms with Crippen molar-refractivity contribution in [2.45, 2.75) is 6.42 Å². The molecule has 0 saturated carbocycles. The molecule has 1 aromatic heterocycles.